The first-order chi connectivity index (χ1) is 15.8. The fourth-order valence-corrected chi connectivity index (χ4v) is 4.54. The Morgan fingerprint density at radius 2 is 1.76 bits per heavy atom. The van der Waals surface area contributed by atoms with Crippen molar-refractivity contribution in [3.05, 3.63) is 63.9 Å². The lowest BCUT2D eigenvalue weighted by Crippen LogP contribution is -2.53. The lowest BCUT2D eigenvalue weighted by molar-refractivity contribution is -0.140. The molecular formula is C23H28Cl2FN3O4S. The van der Waals surface area contributed by atoms with Gasteiger partial charge in [0.15, 0.2) is 0 Å². The molecule has 2 rings (SSSR count). The van der Waals surface area contributed by atoms with Crippen LogP contribution in [0.4, 0.5) is 10.1 Å². The largest absolute Gasteiger partial charge is 0.352 e. The Morgan fingerprint density at radius 1 is 1.09 bits per heavy atom. The molecule has 0 spiro atoms. The second kappa shape index (κ2) is 11.9. The van der Waals surface area contributed by atoms with E-state index in [4.69, 9.17) is 23.2 Å². The molecule has 2 aromatic carbocycles. The molecule has 0 saturated heterocycles. The quantitative estimate of drug-likeness (QED) is 0.496. The van der Waals surface area contributed by atoms with Crippen LogP contribution in [0, 0.1) is 5.82 Å². The number of amides is 2. The van der Waals surface area contributed by atoms with Crippen LogP contribution < -0.4 is 9.62 Å². The molecule has 0 aliphatic heterocycles. The summed E-state index contributed by atoms with van der Waals surface area (Å²) in [6.07, 6.45) is 1.21. The second-order valence-corrected chi connectivity index (χ2v) is 10.8. The minimum Gasteiger partial charge on any atom is -0.352 e. The van der Waals surface area contributed by atoms with Gasteiger partial charge in [0.25, 0.3) is 0 Å². The number of anilines is 1. The summed E-state index contributed by atoms with van der Waals surface area (Å²) >= 11 is 12.1. The first kappa shape index (κ1) is 27.9. The normalized spacial score (nSPS) is 12.4. The van der Waals surface area contributed by atoms with Crippen molar-refractivity contribution in [2.75, 3.05) is 17.1 Å². The van der Waals surface area contributed by atoms with Gasteiger partial charge in [0, 0.05) is 12.6 Å². The van der Waals surface area contributed by atoms with E-state index in [1.807, 2.05) is 0 Å². The summed E-state index contributed by atoms with van der Waals surface area (Å²) in [6.45, 7) is 4.71. The summed E-state index contributed by atoms with van der Waals surface area (Å²) in [5.41, 5.74) is 0.611. The number of benzene rings is 2. The van der Waals surface area contributed by atoms with E-state index < -0.39 is 34.3 Å². The average molecular weight is 532 g/mol. The van der Waals surface area contributed by atoms with Crippen LogP contribution in [-0.4, -0.2) is 50.0 Å². The molecule has 7 nitrogen and oxygen atoms in total. The molecule has 0 saturated carbocycles. The molecule has 2 amide bonds. The summed E-state index contributed by atoms with van der Waals surface area (Å²) in [6, 6.07) is 8.73. The van der Waals surface area contributed by atoms with Gasteiger partial charge in [0.1, 0.15) is 18.4 Å². The average Bonchev–Trinajstić information content (AvgIpc) is 2.72. The highest BCUT2D eigenvalue weighted by Crippen LogP contribution is 2.25. The molecule has 186 valence electrons. The maximum atomic E-state index is 13.8. The van der Waals surface area contributed by atoms with E-state index in [-0.39, 0.29) is 35.6 Å². The molecule has 0 unspecified atom stereocenters. The highest BCUT2D eigenvalue weighted by molar-refractivity contribution is 7.92. The molecule has 0 heterocycles. The SMILES string of the molecule is CC[C@@H](C(=O)NC(C)C)N(Cc1ccc(Cl)c(Cl)c1)C(=O)CN(c1cccc(F)c1)S(C)(=O)=O. The summed E-state index contributed by atoms with van der Waals surface area (Å²) in [7, 11) is -3.94. The van der Waals surface area contributed by atoms with Gasteiger partial charge >= 0.3 is 0 Å². The smallest absolute Gasteiger partial charge is 0.244 e. The van der Waals surface area contributed by atoms with Crippen molar-refractivity contribution in [1.82, 2.24) is 10.2 Å². The topological polar surface area (TPSA) is 86.8 Å². The molecule has 1 N–H and O–H groups in total. The molecule has 1 atom stereocenters. The standard InChI is InChI=1S/C23H28Cl2FN3O4S/c1-5-21(23(31)27-15(2)3)28(13-16-9-10-19(24)20(25)11-16)22(30)14-29(34(4,32)33)18-8-6-7-17(26)12-18/h6-12,15,21H,5,13-14H2,1-4H3,(H,27,31)/t21-/m0/s1. The fraction of sp³-hybridized carbons (Fsp3) is 0.391. The third kappa shape index (κ3) is 7.58. The molecule has 0 aliphatic carbocycles. The predicted octanol–water partition coefficient (Wildman–Crippen LogP) is 4.23. The van der Waals surface area contributed by atoms with Crippen molar-refractivity contribution < 1.29 is 22.4 Å². The third-order valence-corrected chi connectivity index (χ3v) is 6.81. The maximum Gasteiger partial charge on any atom is 0.244 e. The minimum absolute atomic E-state index is 0.00465. The maximum absolute atomic E-state index is 13.8. The van der Waals surface area contributed by atoms with Crippen LogP contribution in [-0.2, 0) is 26.2 Å². The van der Waals surface area contributed by atoms with E-state index >= 15 is 0 Å². The van der Waals surface area contributed by atoms with E-state index in [1.54, 1.807) is 39.0 Å². The lowest BCUT2D eigenvalue weighted by Gasteiger charge is -2.33. The lowest BCUT2D eigenvalue weighted by atomic mass is 10.1. The number of halogens is 3. The Hall–Kier alpha value is -2.36. The summed E-state index contributed by atoms with van der Waals surface area (Å²) in [5.74, 6) is -1.65. The number of nitrogens with one attached hydrogen (secondary N) is 1. The van der Waals surface area contributed by atoms with Crippen molar-refractivity contribution in [2.45, 2.75) is 45.8 Å². The highest BCUT2D eigenvalue weighted by Gasteiger charge is 2.32. The monoisotopic (exact) mass is 531 g/mol. The molecule has 2 aromatic rings. The Morgan fingerprint density at radius 3 is 2.29 bits per heavy atom. The van der Waals surface area contributed by atoms with Crippen molar-refractivity contribution >= 4 is 50.7 Å². The van der Waals surface area contributed by atoms with Gasteiger partial charge < -0.3 is 10.2 Å². The summed E-state index contributed by atoms with van der Waals surface area (Å²) in [5, 5.41) is 3.41. The predicted molar refractivity (Wildman–Crippen MR) is 133 cm³/mol. The Kier molecular flexibility index (Phi) is 9.73. The molecule has 11 heteroatoms. The van der Waals surface area contributed by atoms with Gasteiger partial charge in [0.2, 0.25) is 21.8 Å². The summed E-state index contributed by atoms with van der Waals surface area (Å²) < 4.78 is 39.6. The third-order valence-electron chi connectivity index (χ3n) is 4.93. The number of hydrogen-bond acceptors (Lipinski definition) is 4. The zero-order valence-corrected chi connectivity index (χ0v) is 21.7. The fourth-order valence-electron chi connectivity index (χ4n) is 3.38. The number of sulfonamides is 1. The van der Waals surface area contributed by atoms with E-state index in [9.17, 15) is 22.4 Å². The van der Waals surface area contributed by atoms with Gasteiger partial charge in [0.05, 0.1) is 22.0 Å². The van der Waals surface area contributed by atoms with Crippen molar-refractivity contribution in [1.29, 1.82) is 0 Å². The highest BCUT2D eigenvalue weighted by atomic mass is 35.5. The van der Waals surface area contributed by atoms with Crippen molar-refractivity contribution in [2.24, 2.45) is 0 Å². The van der Waals surface area contributed by atoms with E-state index in [0.29, 0.717) is 10.6 Å². The van der Waals surface area contributed by atoms with Gasteiger partial charge in [-0.2, -0.15) is 0 Å². The van der Waals surface area contributed by atoms with Gasteiger partial charge in [-0.1, -0.05) is 42.3 Å². The van der Waals surface area contributed by atoms with Gasteiger partial charge in [-0.15, -0.1) is 0 Å². The molecule has 0 radical (unpaired) electrons. The van der Waals surface area contributed by atoms with Crippen LogP contribution in [0.2, 0.25) is 10.0 Å². The zero-order chi connectivity index (χ0) is 25.6. The van der Waals surface area contributed by atoms with Crippen LogP contribution in [0.1, 0.15) is 32.8 Å². The molecule has 34 heavy (non-hydrogen) atoms. The van der Waals surface area contributed by atoms with Gasteiger partial charge in [-0.3, -0.25) is 13.9 Å². The van der Waals surface area contributed by atoms with Crippen LogP contribution in [0.15, 0.2) is 42.5 Å². The van der Waals surface area contributed by atoms with Crippen LogP contribution in [0.25, 0.3) is 0 Å². The molecular weight excluding hydrogens is 504 g/mol. The second-order valence-electron chi connectivity index (χ2n) is 8.11. The zero-order valence-electron chi connectivity index (χ0n) is 19.4. The Bertz CT molecular complexity index is 1140. The minimum atomic E-state index is -3.94. The molecule has 0 bridgehead atoms. The number of nitrogens with zero attached hydrogens (tertiary/aromatic N) is 2. The number of rotatable bonds is 10. The number of hydrogen-bond donors (Lipinski definition) is 1. The molecule has 0 fully saturated rings. The van der Waals surface area contributed by atoms with E-state index in [1.165, 1.54) is 23.1 Å². The van der Waals surface area contributed by atoms with Crippen LogP contribution >= 0.6 is 23.2 Å². The Labute approximate surface area is 209 Å². The van der Waals surface area contributed by atoms with Crippen LogP contribution in [0.5, 0.6) is 0 Å². The molecule has 0 aliphatic rings. The van der Waals surface area contributed by atoms with Gasteiger partial charge in [-0.05, 0) is 56.2 Å². The van der Waals surface area contributed by atoms with Crippen molar-refractivity contribution in [3.8, 4) is 0 Å². The van der Waals surface area contributed by atoms with E-state index in [0.717, 1.165) is 16.6 Å². The first-order valence-corrected chi connectivity index (χ1v) is 13.2. The summed E-state index contributed by atoms with van der Waals surface area (Å²) in [4.78, 5) is 27.7. The number of carbonyl (C=O) groups is 2. The Balaban J connectivity index is 2.46. The van der Waals surface area contributed by atoms with E-state index in [2.05, 4.69) is 5.32 Å². The van der Waals surface area contributed by atoms with Crippen LogP contribution in [0.3, 0.4) is 0 Å². The number of carbonyl (C=O) groups excluding carboxylic acids is 2. The molecule has 0 aromatic heterocycles. The van der Waals surface area contributed by atoms with Gasteiger partial charge in [-0.25, -0.2) is 12.8 Å². The first-order valence-electron chi connectivity index (χ1n) is 10.6. The van der Waals surface area contributed by atoms with Crippen molar-refractivity contribution in [3.63, 3.8) is 0 Å².